The van der Waals surface area contributed by atoms with Crippen LogP contribution in [-0.4, -0.2) is 73.9 Å². The van der Waals surface area contributed by atoms with Gasteiger partial charge in [-0.05, 0) is 72.8 Å². The number of nitrogen functional groups attached to an aromatic ring is 3. The van der Waals surface area contributed by atoms with Crippen molar-refractivity contribution in [1.82, 2.24) is 0 Å². The van der Waals surface area contributed by atoms with Gasteiger partial charge in [-0.2, -0.15) is 4.33 Å². The molecule has 0 bridgehead atoms. The Morgan fingerprint density at radius 1 is 0.569 bits per heavy atom. The number of azo groups is 2. The van der Waals surface area contributed by atoms with Crippen LogP contribution < -0.4 is 161 Å². The number of methoxy groups -OCH3 is 2. The van der Waals surface area contributed by atoms with Gasteiger partial charge in [-0.1, -0.05) is 0 Å². The maximum absolute atomic E-state index is 12.7. The van der Waals surface area contributed by atoms with Crippen molar-refractivity contribution in [2.45, 2.75) is 19.6 Å². The van der Waals surface area contributed by atoms with Crippen LogP contribution in [0.2, 0.25) is 0 Å². The zero-order chi connectivity index (χ0) is 50.1. The van der Waals surface area contributed by atoms with Crippen molar-refractivity contribution >= 4 is 117 Å². The minimum absolute atomic E-state index is 0. The molecule has 7 N–H and O–H groups in total. The van der Waals surface area contributed by atoms with Gasteiger partial charge >= 0.3 is 118 Å². The molecule has 0 fully saturated rings. The van der Waals surface area contributed by atoms with Crippen molar-refractivity contribution in [3.63, 3.8) is 0 Å². The molecule has 370 valence electrons. The van der Waals surface area contributed by atoms with Gasteiger partial charge in [-0.3, -0.25) is 23.5 Å². The van der Waals surface area contributed by atoms with E-state index in [1.807, 2.05) is 0 Å². The zero-order valence-corrected chi connectivity index (χ0v) is 51.2. The third-order valence-electron chi connectivity index (χ3n) is 8.30. The topological polar surface area (TPSA) is 435 Å². The number of sulfone groups is 2. The van der Waals surface area contributed by atoms with Crippen LogP contribution in [0.15, 0.2) is 113 Å². The summed E-state index contributed by atoms with van der Waals surface area (Å²) in [6, 6.07) is 15.6. The summed E-state index contributed by atoms with van der Waals surface area (Å²) in [5, 5.41) is 66.1. The predicted molar refractivity (Wildman–Crippen MR) is 231 cm³/mol. The summed E-state index contributed by atoms with van der Waals surface area (Å²) in [5.74, 6) is -0.674. The molecular weight excluding hydrogens is 1130 g/mol. The minimum atomic E-state index is -4.89. The van der Waals surface area contributed by atoms with Crippen molar-refractivity contribution in [1.29, 1.82) is 0 Å². The number of nitrogens with zero attached hydrogens (tertiary/aromatic N) is 4. The maximum atomic E-state index is 12.7. The molecule has 0 aliphatic carbocycles. The minimum Gasteiger partial charge on any atom is -0.744 e. The van der Waals surface area contributed by atoms with Gasteiger partial charge < -0.3 is 52.1 Å². The number of ether oxygens (including phenoxy) is 2. The number of rotatable bonds is 24. The number of nitrogens with two attached hydrogens (primary N) is 3. The van der Waals surface area contributed by atoms with E-state index in [9.17, 15) is 50.7 Å². The Hall–Kier alpha value is -1.22. The first-order valence-corrected chi connectivity index (χ1v) is 24.6. The molecule has 0 unspecified atom stereocenters. The molecule has 38 heteroatoms. The quantitative estimate of drug-likeness (QED) is 0.00651. The smallest absolute Gasteiger partial charge is 0.744 e. The van der Waals surface area contributed by atoms with Crippen molar-refractivity contribution in [2.24, 2.45) is 20.5 Å². The van der Waals surface area contributed by atoms with Gasteiger partial charge in [0.05, 0.1) is 82.7 Å². The van der Waals surface area contributed by atoms with Crippen LogP contribution in [0.3, 0.4) is 0 Å². The number of benzene rings is 5. The average Bonchev–Trinajstić information content (AvgIpc) is 3.29. The number of anilines is 3. The normalized spacial score (nSPS) is 11.5. The fraction of sp³-hybridized carbons (Fsp3) is 0.176. The molecule has 0 heterocycles. The van der Waals surface area contributed by atoms with E-state index >= 15 is 0 Å². The van der Waals surface area contributed by atoms with E-state index in [0.717, 1.165) is 18.2 Å². The Bertz CT molecular complexity index is 2960. The molecule has 0 radical (unpaired) electrons. The Morgan fingerprint density at radius 3 is 1.53 bits per heavy atom. The second-order valence-corrected chi connectivity index (χ2v) is 19.8. The summed E-state index contributed by atoms with van der Waals surface area (Å²) in [7, 11) is -9.88. The van der Waals surface area contributed by atoms with Crippen molar-refractivity contribution in [3.05, 3.63) is 72.8 Å². The van der Waals surface area contributed by atoms with Crippen LogP contribution in [-0.2, 0) is 66.3 Å². The fourth-order valence-electron chi connectivity index (χ4n) is 5.26. The first-order valence-electron chi connectivity index (χ1n) is 17.8. The van der Waals surface area contributed by atoms with Gasteiger partial charge in [0.25, 0.3) is 0 Å². The largest absolute Gasteiger partial charge is 1.00 e. The van der Waals surface area contributed by atoms with E-state index < -0.39 is 46.2 Å². The number of phenols is 1. The molecule has 0 atom stereocenters. The van der Waals surface area contributed by atoms with Crippen LogP contribution in [0, 0.1) is 0 Å². The van der Waals surface area contributed by atoms with Crippen molar-refractivity contribution in [2.75, 3.05) is 56.1 Å². The molecule has 0 aliphatic rings. The van der Waals surface area contributed by atoms with Crippen LogP contribution >= 0.6 is 36.7 Å². The summed E-state index contributed by atoms with van der Waals surface area (Å²) in [6.07, 6.45) is 0. The van der Waals surface area contributed by atoms with Gasteiger partial charge in [-0.15, -0.1) is 29.1 Å². The van der Waals surface area contributed by atoms with E-state index in [4.69, 9.17) is 35.0 Å². The Morgan fingerprint density at radius 2 is 1.06 bits per heavy atom. The third-order valence-corrected chi connectivity index (χ3v) is 13.8. The Balaban J connectivity index is 0.00000134. The van der Waals surface area contributed by atoms with Gasteiger partial charge in [-0.25, -0.2) is 25.3 Å². The molecule has 0 aliphatic heterocycles. The van der Waals surface area contributed by atoms with Gasteiger partial charge in [0.15, 0.2) is 44.3 Å². The number of aromatic hydroxyl groups is 1. The number of hydrogen-bond donors (Lipinski definition) is 4. The third kappa shape index (κ3) is 21.3. The molecular formula is C34H33N7Na4O21S6. The van der Waals surface area contributed by atoms with E-state index in [-0.39, 0.29) is 223 Å². The van der Waals surface area contributed by atoms with Crippen LogP contribution in [0.5, 0.6) is 17.2 Å². The SMILES string of the molecule is COc1ccc(S(=O)(=O)CCOSOO[O-])cc1N=Nc1c(N)ccc2c(O)cc(SOO[O-])cc12.COc1ccc(S(=O)(=O)CCOSOO[O-])cc1N=Nc1cc(S(=O)(=O)[O-])c(N)cc1N.[Na+].[Na+].[Na+].[Na+]. The van der Waals surface area contributed by atoms with Gasteiger partial charge in [0.1, 0.15) is 50.1 Å². The molecule has 72 heavy (non-hydrogen) atoms. The summed E-state index contributed by atoms with van der Waals surface area (Å²) in [4.78, 5) is -0.664. The fourth-order valence-corrected chi connectivity index (χ4v) is 9.14. The number of hydrogen-bond acceptors (Lipinski definition) is 31. The molecule has 0 amide bonds. The molecule has 28 nitrogen and oxygen atoms in total. The van der Waals surface area contributed by atoms with Crippen molar-refractivity contribution < 1.29 is 215 Å². The van der Waals surface area contributed by atoms with E-state index in [1.165, 1.54) is 56.7 Å². The molecule has 0 saturated carbocycles. The summed E-state index contributed by atoms with van der Waals surface area (Å²) >= 11 is 0.933. The van der Waals surface area contributed by atoms with E-state index in [2.05, 4.69) is 48.6 Å². The standard InChI is InChI=1S/C19H19N3O11S3.C15H18N4O10S3.4Na/c1-28-18-5-2-12(36(26,27)7-6-29-35-33-31-25)10-16(18)21-22-19-14-8-11(34-32-30-24)9-17(23)13(14)3-4-15(19)20;1-26-14-3-2-9(31(21,22)5-4-27-30-29-28-20)6-13(14)19-18-12-8-15(32(23,24)25)11(17)7-10(12)16;;;;/h2-5,8-10,23-25H,6-7,20H2,1H3;2-3,6-8,20H,4-5,16-17H2,1H3,(H,23,24,25);;;;/q;;4*+1/p-4. The molecule has 0 spiro atoms. The van der Waals surface area contributed by atoms with Gasteiger partial charge in [0.2, 0.25) is 0 Å². The maximum Gasteiger partial charge on any atom is 1.00 e. The molecule has 0 saturated heterocycles. The summed E-state index contributed by atoms with van der Waals surface area (Å²) in [6.45, 7) is -0.621. The van der Waals surface area contributed by atoms with E-state index in [1.54, 1.807) is 12.1 Å². The number of phenolic OH excluding ortho intramolecular Hbond substituents is 1. The van der Waals surface area contributed by atoms with Crippen LogP contribution in [0.1, 0.15) is 0 Å². The monoisotopic (exact) mass is 1160 g/mol. The second kappa shape index (κ2) is 34.5. The average molecular weight is 1160 g/mol. The first kappa shape index (κ1) is 70.8. The van der Waals surface area contributed by atoms with Crippen LogP contribution in [0.4, 0.5) is 39.8 Å². The Kier molecular flexibility index (Phi) is 33.9. The van der Waals surface area contributed by atoms with Gasteiger partial charge in [0, 0.05) is 15.7 Å². The zero-order valence-electron chi connectivity index (χ0n) is 38.3. The molecule has 5 aromatic carbocycles. The number of fused-ring (bicyclic) bond motifs is 1. The Labute approximate surface area is 511 Å². The molecule has 0 aromatic heterocycles. The van der Waals surface area contributed by atoms with E-state index in [0.29, 0.717) is 27.7 Å². The summed E-state index contributed by atoms with van der Waals surface area (Å²) in [5.41, 5.74) is 17.1. The molecule has 5 aromatic rings. The van der Waals surface area contributed by atoms with Crippen LogP contribution in [0.25, 0.3) is 10.8 Å². The molecule has 5 rings (SSSR count). The second-order valence-electron chi connectivity index (χ2n) is 12.4. The first-order chi connectivity index (χ1) is 32.3. The summed E-state index contributed by atoms with van der Waals surface area (Å²) < 4.78 is 116. The van der Waals surface area contributed by atoms with Crippen molar-refractivity contribution in [3.8, 4) is 17.2 Å². The predicted octanol–water partition coefficient (Wildman–Crippen LogP) is -8.87.